The van der Waals surface area contributed by atoms with E-state index in [2.05, 4.69) is 4.57 Å². The maximum Gasteiger partial charge on any atom is 0.187 e. The standard InChI is InChI=1S/C28H23NO3/c30-27-17-9-16-26-24(27)18-22-12-7-8-15-25(22)29(26)28(20-31-23-13-5-2-6-14-23)32-19-21-10-3-1-4-11-21/h1-18,28H,19-20H2. The molecule has 1 unspecified atom stereocenters. The monoisotopic (exact) mass is 421 g/mol. The van der Waals surface area contributed by atoms with Gasteiger partial charge in [-0.3, -0.25) is 4.79 Å². The second-order valence-electron chi connectivity index (χ2n) is 7.64. The second-order valence-corrected chi connectivity index (χ2v) is 7.64. The molecule has 32 heavy (non-hydrogen) atoms. The van der Waals surface area contributed by atoms with Crippen molar-refractivity contribution < 1.29 is 9.47 Å². The summed E-state index contributed by atoms with van der Waals surface area (Å²) in [7, 11) is 0. The van der Waals surface area contributed by atoms with Gasteiger partial charge in [-0.05, 0) is 47.3 Å². The predicted octanol–water partition coefficient (Wildman–Crippen LogP) is 5.90. The van der Waals surface area contributed by atoms with Crippen LogP contribution < -0.4 is 10.2 Å². The van der Waals surface area contributed by atoms with Gasteiger partial charge in [-0.1, -0.05) is 72.8 Å². The van der Waals surface area contributed by atoms with Crippen LogP contribution in [0.3, 0.4) is 0 Å². The first-order valence-electron chi connectivity index (χ1n) is 10.7. The van der Waals surface area contributed by atoms with Gasteiger partial charge in [-0.15, -0.1) is 0 Å². The number of pyridine rings is 1. The Morgan fingerprint density at radius 1 is 0.750 bits per heavy atom. The van der Waals surface area contributed by atoms with Crippen molar-refractivity contribution in [1.29, 1.82) is 0 Å². The summed E-state index contributed by atoms with van der Waals surface area (Å²) in [6.07, 6.45) is -0.439. The number of benzene rings is 4. The van der Waals surface area contributed by atoms with Gasteiger partial charge in [0.15, 0.2) is 11.7 Å². The minimum atomic E-state index is -0.439. The van der Waals surface area contributed by atoms with Crippen LogP contribution in [-0.4, -0.2) is 11.2 Å². The summed E-state index contributed by atoms with van der Waals surface area (Å²) in [6, 6.07) is 35.1. The zero-order valence-corrected chi connectivity index (χ0v) is 17.6. The molecule has 1 aliphatic carbocycles. The molecule has 3 aromatic carbocycles. The average molecular weight is 421 g/mol. The lowest BCUT2D eigenvalue weighted by Gasteiger charge is -2.27. The van der Waals surface area contributed by atoms with Crippen LogP contribution in [0, 0.1) is 0 Å². The summed E-state index contributed by atoms with van der Waals surface area (Å²) in [4.78, 5) is 12.7. The summed E-state index contributed by atoms with van der Waals surface area (Å²) in [6.45, 7) is 0.728. The Morgan fingerprint density at radius 3 is 2.28 bits per heavy atom. The fourth-order valence-corrected chi connectivity index (χ4v) is 3.96. The molecule has 1 heterocycles. The summed E-state index contributed by atoms with van der Waals surface area (Å²) < 4.78 is 14.6. The Balaban J connectivity index is 1.60. The summed E-state index contributed by atoms with van der Waals surface area (Å²) in [5.74, 6) is 0.774. The Labute approximate surface area is 186 Å². The molecule has 0 saturated carbocycles. The van der Waals surface area contributed by atoms with E-state index >= 15 is 0 Å². The molecule has 0 amide bonds. The van der Waals surface area contributed by atoms with Crippen molar-refractivity contribution in [3.63, 3.8) is 0 Å². The van der Waals surface area contributed by atoms with Gasteiger partial charge in [0.05, 0.1) is 17.8 Å². The van der Waals surface area contributed by atoms with Crippen molar-refractivity contribution in [1.82, 2.24) is 4.57 Å². The summed E-state index contributed by atoms with van der Waals surface area (Å²) >= 11 is 0. The summed E-state index contributed by atoms with van der Waals surface area (Å²) in [5, 5.41) is 0.983. The number of nitrogens with zero attached hydrogens (tertiary/aromatic N) is 1. The first-order chi connectivity index (χ1) is 15.8. The summed E-state index contributed by atoms with van der Waals surface area (Å²) in [5.41, 5.74) is 3.55. The van der Waals surface area contributed by atoms with Crippen LogP contribution >= 0.6 is 0 Å². The molecular weight excluding hydrogens is 398 g/mol. The van der Waals surface area contributed by atoms with Crippen LogP contribution in [0.5, 0.6) is 5.75 Å². The first-order valence-corrected chi connectivity index (χ1v) is 10.7. The maximum absolute atomic E-state index is 12.7. The second kappa shape index (κ2) is 9.08. The minimum absolute atomic E-state index is 0.00668. The van der Waals surface area contributed by atoms with Crippen LogP contribution in [0.4, 0.5) is 0 Å². The predicted molar refractivity (Wildman–Crippen MR) is 127 cm³/mol. The fraction of sp³-hybridized carbons (Fsp3) is 0.107. The highest BCUT2D eigenvalue weighted by Gasteiger charge is 2.21. The van der Waals surface area contributed by atoms with E-state index in [9.17, 15) is 4.79 Å². The molecular formula is C28H23NO3. The van der Waals surface area contributed by atoms with Crippen LogP contribution in [0.15, 0.2) is 114 Å². The SMILES string of the molecule is O=c1cccc2n(C(COc3ccccc3)OCc3ccccc3)c3ccccc3cc1-2. The zero-order chi connectivity index (χ0) is 21.8. The molecule has 4 nitrogen and oxygen atoms in total. The molecule has 0 saturated heterocycles. The Kier molecular flexibility index (Phi) is 5.69. The van der Waals surface area contributed by atoms with Crippen LogP contribution in [0.2, 0.25) is 0 Å². The quantitative estimate of drug-likeness (QED) is 0.307. The number of hydrogen-bond acceptors (Lipinski definition) is 3. The van der Waals surface area contributed by atoms with Gasteiger partial charge in [-0.2, -0.15) is 0 Å². The van der Waals surface area contributed by atoms with Gasteiger partial charge in [0.1, 0.15) is 12.4 Å². The molecule has 4 heteroatoms. The molecule has 0 N–H and O–H groups in total. The van der Waals surface area contributed by atoms with E-state index in [0.717, 1.165) is 27.9 Å². The van der Waals surface area contributed by atoms with Gasteiger partial charge < -0.3 is 14.0 Å². The smallest absolute Gasteiger partial charge is 0.187 e. The Hall–Kier alpha value is -3.89. The molecule has 0 spiro atoms. The van der Waals surface area contributed by atoms with Crippen LogP contribution in [0.1, 0.15) is 11.8 Å². The number of fused-ring (bicyclic) bond motifs is 2. The van der Waals surface area contributed by atoms with E-state index in [1.807, 2.05) is 97.1 Å². The Bertz CT molecular complexity index is 1300. The van der Waals surface area contributed by atoms with E-state index < -0.39 is 6.23 Å². The third-order valence-electron chi connectivity index (χ3n) is 5.51. The first kappa shape index (κ1) is 20.0. The lowest BCUT2D eigenvalue weighted by molar-refractivity contribution is -0.0346. The molecule has 3 aromatic rings. The maximum atomic E-state index is 12.7. The third-order valence-corrected chi connectivity index (χ3v) is 5.51. The zero-order valence-electron chi connectivity index (χ0n) is 17.6. The molecule has 2 aliphatic rings. The number of rotatable bonds is 7. The number of hydrogen-bond donors (Lipinski definition) is 0. The number of aromatic nitrogens is 1. The van der Waals surface area contributed by atoms with E-state index in [-0.39, 0.29) is 5.43 Å². The molecule has 0 fully saturated rings. The minimum Gasteiger partial charge on any atom is -0.489 e. The largest absolute Gasteiger partial charge is 0.489 e. The Morgan fingerprint density at radius 2 is 1.47 bits per heavy atom. The van der Waals surface area contributed by atoms with Crippen molar-refractivity contribution in [2.45, 2.75) is 12.8 Å². The van der Waals surface area contributed by atoms with Crippen molar-refractivity contribution >= 4 is 10.9 Å². The molecule has 1 atom stereocenters. The molecule has 5 rings (SSSR count). The normalized spacial score (nSPS) is 12.1. The lowest BCUT2D eigenvalue weighted by atomic mass is 10.0. The topological polar surface area (TPSA) is 40.5 Å². The molecule has 0 bridgehead atoms. The molecule has 158 valence electrons. The lowest BCUT2D eigenvalue weighted by Crippen LogP contribution is -2.24. The third kappa shape index (κ3) is 4.13. The number of ether oxygens (including phenoxy) is 2. The molecule has 1 aliphatic heterocycles. The van der Waals surface area contributed by atoms with Crippen molar-refractivity contribution in [3.05, 3.63) is 125 Å². The van der Waals surface area contributed by atoms with E-state index in [1.54, 1.807) is 12.1 Å². The van der Waals surface area contributed by atoms with Crippen LogP contribution in [0.25, 0.3) is 22.2 Å². The fourth-order valence-electron chi connectivity index (χ4n) is 3.96. The average Bonchev–Trinajstić information content (AvgIpc) is 2.85. The van der Waals surface area contributed by atoms with Crippen molar-refractivity contribution in [2.24, 2.45) is 0 Å². The van der Waals surface area contributed by atoms with Crippen molar-refractivity contribution in [2.75, 3.05) is 6.61 Å². The van der Waals surface area contributed by atoms with E-state index in [0.29, 0.717) is 18.8 Å². The van der Waals surface area contributed by atoms with Crippen LogP contribution in [-0.2, 0) is 11.3 Å². The van der Waals surface area contributed by atoms with Gasteiger partial charge >= 0.3 is 0 Å². The van der Waals surface area contributed by atoms with E-state index in [4.69, 9.17) is 9.47 Å². The van der Waals surface area contributed by atoms with Gasteiger partial charge in [-0.25, -0.2) is 0 Å². The highest BCUT2D eigenvalue weighted by molar-refractivity contribution is 5.86. The van der Waals surface area contributed by atoms with Crippen molar-refractivity contribution in [3.8, 4) is 17.0 Å². The number of para-hydroxylation sites is 2. The van der Waals surface area contributed by atoms with Gasteiger partial charge in [0, 0.05) is 5.56 Å². The van der Waals surface area contributed by atoms with Gasteiger partial charge in [0.2, 0.25) is 0 Å². The highest BCUT2D eigenvalue weighted by Crippen LogP contribution is 2.31. The highest BCUT2D eigenvalue weighted by atomic mass is 16.5. The molecule has 0 aromatic heterocycles. The van der Waals surface area contributed by atoms with E-state index in [1.165, 1.54) is 0 Å². The molecule has 0 radical (unpaired) electrons. The van der Waals surface area contributed by atoms with Gasteiger partial charge in [0.25, 0.3) is 0 Å².